The third-order valence-electron chi connectivity index (χ3n) is 2.95. The van der Waals surface area contributed by atoms with Gasteiger partial charge in [-0.2, -0.15) is 0 Å². The zero-order valence-electron chi connectivity index (χ0n) is 11.8. The van der Waals surface area contributed by atoms with Crippen molar-refractivity contribution < 1.29 is 9.59 Å². The molecule has 1 atom stereocenters. The molecule has 1 unspecified atom stereocenters. The number of carbonyl (C=O) groups is 2. The Labute approximate surface area is 125 Å². The highest BCUT2D eigenvalue weighted by Crippen LogP contribution is 2.09. The third kappa shape index (κ3) is 5.19. The van der Waals surface area contributed by atoms with Crippen molar-refractivity contribution in [3.63, 3.8) is 0 Å². The Morgan fingerprint density at radius 3 is 2.55 bits per heavy atom. The molecule has 0 bridgehead atoms. The van der Waals surface area contributed by atoms with Crippen LogP contribution in [0.15, 0.2) is 24.3 Å². The first-order chi connectivity index (χ1) is 8.86. The van der Waals surface area contributed by atoms with Gasteiger partial charge in [0.1, 0.15) is 0 Å². The van der Waals surface area contributed by atoms with Crippen LogP contribution in [0.5, 0.6) is 0 Å². The third-order valence-corrected chi connectivity index (χ3v) is 2.95. The van der Waals surface area contributed by atoms with E-state index in [1.54, 1.807) is 25.1 Å². The Morgan fingerprint density at radius 1 is 1.35 bits per heavy atom. The van der Waals surface area contributed by atoms with E-state index in [4.69, 9.17) is 11.5 Å². The number of amides is 2. The number of nitrogens with two attached hydrogens (primary N) is 2. The molecule has 0 aliphatic carbocycles. The number of primary amides is 1. The van der Waals surface area contributed by atoms with Gasteiger partial charge in [-0.25, -0.2) is 0 Å². The zero-order chi connectivity index (χ0) is 14.5. The second kappa shape index (κ2) is 7.87. The molecule has 0 fully saturated rings. The molecule has 112 valence electrons. The molecule has 6 heteroatoms. The summed E-state index contributed by atoms with van der Waals surface area (Å²) in [7, 11) is 0. The fourth-order valence-electron chi connectivity index (χ4n) is 1.85. The molecule has 0 aromatic heterocycles. The highest BCUT2D eigenvalue weighted by molar-refractivity contribution is 5.93. The summed E-state index contributed by atoms with van der Waals surface area (Å²) in [6.45, 7) is 4.02. The van der Waals surface area contributed by atoms with Gasteiger partial charge in [-0.3, -0.25) is 9.59 Å². The van der Waals surface area contributed by atoms with Crippen LogP contribution in [0.3, 0.4) is 0 Å². The first-order valence-electron chi connectivity index (χ1n) is 6.32. The molecule has 5 N–H and O–H groups in total. The molecule has 0 aliphatic rings. The summed E-state index contributed by atoms with van der Waals surface area (Å²) in [4.78, 5) is 23.0. The van der Waals surface area contributed by atoms with Crippen LogP contribution in [0.1, 0.15) is 42.6 Å². The summed E-state index contributed by atoms with van der Waals surface area (Å²) in [5.74, 6) is -0.679. The Kier molecular flexibility index (Phi) is 7.24. The van der Waals surface area contributed by atoms with E-state index in [-0.39, 0.29) is 18.3 Å². The van der Waals surface area contributed by atoms with Crippen molar-refractivity contribution in [1.29, 1.82) is 0 Å². The molecule has 1 aromatic carbocycles. The van der Waals surface area contributed by atoms with Gasteiger partial charge < -0.3 is 16.8 Å². The maximum absolute atomic E-state index is 11.9. The van der Waals surface area contributed by atoms with Crippen LogP contribution in [0, 0.1) is 0 Å². The maximum Gasteiger partial charge on any atom is 0.248 e. The molecule has 1 rings (SSSR count). The van der Waals surface area contributed by atoms with Crippen LogP contribution < -0.4 is 16.8 Å². The Morgan fingerprint density at radius 2 is 2.00 bits per heavy atom. The molecule has 0 spiro atoms. The van der Waals surface area contributed by atoms with E-state index in [9.17, 15) is 9.59 Å². The minimum absolute atomic E-state index is 0. The summed E-state index contributed by atoms with van der Waals surface area (Å²) >= 11 is 0. The fraction of sp³-hybridized carbons (Fsp3) is 0.429. The monoisotopic (exact) mass is 299 g/mol. The maximum atomic E-state index is 11.9. The quantitative estimate of drug-likeness (QED) is 0.739. The molecule has 0 aliphatic heterocycles. The van der Waals surface area contributed by atoms with Crippen molar-refractivity contribution >= 4 is 24.2 Å². The van der Waals surface area contributed by atoms with Crippen LogP contribution in [-0.4, -0.2) is 17.4 Å². The van der Waals surface area contributed by atoms with Gasteiger partial charge in [-0.15, -0.1) is 12.4 Å². The van der Waals surface area contributed by atoms with Crippen molar-refractivity contribution in [3.8, 4) is 0 Å². The lowest BCUT2D eigenvalue weighted by atomic mass is 9.96. The normalized spacial score (nSPS) is 12.9. The van der Waals surface area contributed by atoms with Crippen LogP contribution in [-0.2, 0) is 11.3 Å². The van der Waals surface area contributed by atoms with Crippen LogP contribution in [0.25, 0.3) is 0 Å². The number of halogens is 1. The Bertz CT molecular complexity index is 475. The Hall–Kier alpha value is -1.59. The molecule has 20 heavy (non-hydrogen) atoms. The van der Waals surface area contributed by atoms with Crippen molar-refractivity contribution in [1.82, 2.24) is 5.32 Å². The first-order valence-corrected chi connectivity index (χ1v) is 6.32. The van der Waals surface area contributed by atoms with Gasteiger partial charge in [0, 0.05) is 12.1 Å². The lowest BCUT2D eigenvalue weighted by Crippen LogP contribution is -2.51. The molecule has 0 saturated heterocycles. The van der Waals surface area contributed by atoms with Crippen LogP contribution in [0.4, 0.5) is 0 Å². The molecular weight excluding hydrogens is 278 g/mol. The van der Waals surface area contributed by atoms with Crippen LogP contribution in [0.2, 0.25) is 0 Å². The van der Waals surface area contributed by atoms with Gasteiger partial charge in [-0.05, 0) is 31.0 Å². The average molecular weight is 300 g/mol. The van der Waals surface area contributed by atoms with Gasteiger partial charge in [0.05, 0.1) is 5.54 Å². The summed E-state index contributed by atoms with van der Waals surface area (Å²) in [5, 5.41) is 2.77. The lowest BCUT2D eigenvalue weighted by Gasteiger charge is -2.22. The minimum atomic E-state index is -0.865. The van der Waals surface area contributed by atoms with E-state index in [1.165, 1.54) is 0 Å². The number of benzene rings is 1. The smallest absolute Gasteiger partial charge is 0.248 e. The molecule has 1 aromatic rings. The standard InChI is InChI=1S/C14H21N3O2.ClH/c1-3-7-14(2,16)13(19)17-9-10-5-4-6-11(8-10)12(15)18;/h4-6,8H,3,7,9,16H2,1-2H3,(H2,15,18)(H,17,19);1H. The van der Waals surface area contributed by atoms with E-state index in [0.717, 1.165) is 12.0 Å². The van der Waals surface area contributed by atoms with E-state index in [0.29, 0.717) is 18.5 Å². The SMILES string of the molecule is CCCC(C)(N)C(=O)NCc1cccc(C(N)=O)c1.Cl. The van der Waals surface area contributed by atoms with Crippen molar-refractivity contribution in [2.75, 3.05) is 0 Å². The fourth-order valence-corrected chi connectivity index (χ4v) is 1.85. The van der Waals surface area contributed by atoms with Crippen molar-refractivity contribution in [2.24, 2.45) is 11.5 Å². The second-order valence-corrected chi connectivity index (χ2v) is 4.91. The van der Waals surface area contributed by atoms with Crippen molar-refractivity contribution in [3.05, 3.63) is 35.4 Å². The summed E-state index contributed by atoms with van der Waals surface area (Å²) in [6.07, 6.45) is 1.47. The largest absolute Gasteiger partial charge is 0.366 e. The second-order valence-electron chi connectivity index (χ2n) is 4.91. The van der Waals surface area contributed by atoms with E-state index >= 15 is 0 Å². The highest BCUT2D eigenvalue weighted by Gasteiger charge is 2.26. The van der Waals surface area contributed by atoms with E-state index in [1.807, 2.05) is 13.0 Å². The number of carbonyl (C=O) groups excluding carboxylic acids is 2. The predicted molar refractivity (Wildman–Crippen MR) is 81.6 cm³/mol. The van der Waals surface area contributed by atoms with Gasteiger partial charge >= 0.3 is 0 Å². The number of hydrogen-bond acceptors (Lipinski definition) is 3. The highest BCUT2D eigenvalue weighted by atomic mass is 35.5. The summed E-state index contributed by atoms with van der Waals surface area (Å²) in [6, 6.07) is 6.85. The first kappa shape index (κ1) is 18.4. The van der Waals surface area contributed by atoms with E-state index < -0.39 is 11.4 Å². The van der Waals surface area contributed by atoms with Gasteiger partial charge in [0.25, 0.3) is 0 Å². The minimum Gasteiger partial charge on any atom is -0.366 e. The van der Waals surface area contributed by atoms with Gasteiger partial charge in [0.15, 0.2) is 0 Å². The number of hydrogen-bond donors (Lipinski definition) is 3. The molecule has 0 radical (unpaired) electrons. The van der Waals surface area contributed by atoms with Crippen molar-refractivity contribution in [2.45, 2.75) is 38.8 Å². The average Bonchev–Trinajstić information content (AvgIpc) is 2.36. The number of rotatable bonds is 6. The molecule has 0 heterocycles. The molecule has 5 nitrogen and oxygen atoms in total. The topological polar surface area (TPSA) is 98.2 Å². The summed E-state index contributed by atoms with van der Waals surface area (Å²) < 4.78 is 0. The lowest BCUT2D eigenvalue weighted by molar-refractivity contribution is -0.126. The van der Waals surface area contributed by atoms with Gasteiger partial charge in [-0.1, -0.05) is 25.5 Å². The Balaban J connectivity index is 0.00000361. The molecule has 0 saturated carbocycles. The van der Waals surface area contributed by atoms with E-state index in [2.05, 4.69) is 5.32 Å². The van der Waals surface area contributed by atoms with Gasteiger partial charge in [0.2, 0.25) is 11.8 Å². The predicted octanol–water partition coefficient (Wildman–Crippen LogP) is 1.34. The van der Waals surface area contributed by atoms with Crippen LogP contribution >= 0.6 is 12.4 Å². The molecular formula is C14H22ClN3O2. The zero-order valence-corrected chi connectivity index (χ0v) is 12.6. The number of nitrogens with one attached hydrogen (secondary N) is 1. The summed E-state index contributed by atoms with van der Waals surface area (Å²) in [5.41, 5.74) is 11.5. The molecule has 2 amide bonds.